The van der Waals surface area contributed by atoms with E-state index in [-0.39, 0.29) is 12.0 Å². The lowest BCUT2D eigenvalue weighted by atomic mass is 10.1. The van der Waals surface area contributed by atoms with Gasteiger partial charge in [-0.25, -0.2) is 4.79 Å². The van der Waals surface area contributed by atoms with Gasteiger partial charge in [0, 0.05) is 18.8 Å². The third kappa shape index (κ3) is 2.62. The molecule has 0 saturated heterocycles. The second-order valence-corrected chi connectivity index (χ2v) is 5.27. The van der Waals surface area contributed by atoms with Gasteiger partial charge in [0.05, 0.1) is 7.11 Å². The molecule has 1 aliphatic heterocycles. The molecule has 1 heterocycles. The van der Waals surface area contributed by atoms with Crippen LogP contribution in [0.2, 0.25) is 0 Å². The number of esters is 1. The van der Waals surface area contributed by atoms with Crippen molar-refractivity contribution in [2.24, 2.45) is 0 Å². The number of nitrogens with two attached hydrogens (primary N) is 1. The van der Waals surface area contributed by atoms with E-state index in [4.69, 9.17) is 10.5 Å². The van der Waals surface area contributed by atoms with Crippen molar-refractivity contribution in [1.82, 2.24) is 4.90 Å². The second kappa shape index (κ2) is 5.58. The molecule has 21 heavy (non-hydrogen) atoms. The van der Waals surface area contributed by atoms with Crippen LogP contribution in [-0.2, 0) is 22.6 Å². The highest BCUT2D eigenvalue weighted by Gasteiger charge is 2.32. The van der Waals surface area contributed by atoms with E-state index in [0.29, 0.717) is 6.54 Å². The van der Waals surface area contributed by atoms with Crippen LogP contribution in [0.3, 0.4) is 0 Å². The van der Waals surface area contributed by atoms with Gasteiger partial charge in [0.1, 0.15) is 6.04 Å². The first-order valence-electron chi connectivity index (χ1n) is 6.93. The largest absolute Gasteiger partial charge is 0.468 e. The molecule has 2 aromatic carbocycles. The number of nitrogens with zero attached hydrogens (tertiary/aromatic N) is 1. The molecule has 1 aliphatic rings. The van der Waals surface area contributed by atoms with E-state index < -0.39 is 0 Å². The summed E-state index contributed by atoms with van der Waals surface area (Å²) in [6.07, 6.45) is 0. The SMILES string of the molecule is COC(=O)[C@H](c1ccccc1)N1Cc2ccc(N)cc2C1. The Bertz CT molecular complexity index is 655. The summed E-state index contributed by atoms with van der Waals surface area (Å²) in [6, 6.07) is 15.3. The predicted octanol–water partition coefficient (Wildman–Crippen LogP) is 2.50. The lowest BCUT2D eigenvalue weighted by Gasteiger charge is -2.25. The maximum absolute atomic E-state index is 12.2. The maximum Gasteiger partial charge on any atom is 0.327 e. The lowest BCUT2D eigenvalue weighted by molar-refractivity contribution is -0.147. The van der Waals surface area contributed by atoms with Gasteiger partial charge in [-0.15, -0.1) is 0 Å². The molecule has 4 nitrogen and oxygen atoms in total. The molecule has 0 aromatic heterocycles. The first-order chi connectivity index (χ1) is 10.2. The number of hydrogen-bond donors (Lipinski definition) is 1. The topological polar surface area (TPSA) is 55.6 Å². The van der Waals surface area contributed by atoms with E-state index >= 15 is 0 Å². The Morgan fingerprint density at radius 1 is 1.14 bits per heavy atom. The monoisotopic (exact) mass is 282 g/mol. The molecule has 0 fully saturated rings. The Labute approximate surface area is 124 Å². The Hall–Kier alpha value is -2.33. The summed E-state index contributed by atoms with van der Waals surface area (Å²) in [6.45, 7) is 1.43. The fraction of sp³-hybridized carbons (Fsp3) is 0.235. The third-order valence-electron chi connectivity index (χ3n) is 3.88. The van der Waals surface area contributed by atoms with E-state index in [1.807, 2.05) is 48.5 Å². The lowest BCUT2D eigenvalue weighted by Crippen LogP contribution is -2.30. The van der Waals surface area contributed by atoms with Crippen molar-refractivity contribution in [2.75, 3.05) is 12.8 Å². The summed E-state index contributed by atoms with van der Waals surface area (Å²) in [5.41, 5.74) is 9.94. The summed E-state index contributed by atoms with van der Waals surface area (Å²) in [4.78, 5) is 14.3. The molecular weight excluding hydrogens is 264 g/mol. The highest BCUT2D eigenvalue weighted by Crippen LogP contribution is 2.32. The smallest absolute Gasteiger partial charge is 0.327 e. The molecule has 4 heteroatoms. The van der Waals surface area contributed by atoms with E-state index in [0.717, 1.165) is 17.8 Å². The predicted molar refractivity (Wildman–Crippen MR) is 81.3 cm³/mol. The van der Waals surface area contributed by atoms with Gasteiger partial charge in [-0.1, -0.05) is 36.4 Å². The molecule has 0 amide bonds. The molecule has 2 N–H and O–H groups in total. The first-order valence-corrected chi connectivity index (χ1v) is 6.93. The van der Waals surface area contributed by atoms with Gasteiger partial charge in [-0.2, -0.15) is 0 Å². The Morgan fingerprint density at radius 2 is 1.86 bits per heavy atom. The summed E-state index contributed by atoms with van der Waals surface area (Å²) < 4.78 is 5.00. The molecule has 0 saturated carbocycles. The van der Waals surface area contributed by atoms with Crippen LogP contribution >= 0.6 is 0 Å². The Kier molecular flexibility index (Phi) is 3.62. The molecular formula is C17H18N2O2. The number of benzene rings is 2. The maximum atomic E-state index is 12.2. The van der Waals surface area contributed by atoms with E-state index in [9.17, 15) is 4.79 Å². The van der Waals surface area contributed by atoms with Gasteiger partial charge in [-0.3, -0.25) is 4.90 Å². The molecule has 2 aromatic rings. The number of carbonyl (C=O) groups excluding carboxylic acids is 1. The van der Waals surface area contributed by atoms with Gasteiger partial charge in [-0.05, 0) is 28.8 Å². The van der Waals surface area contributed by atoms with Crippen LogP contribution in [0.15, 0.2) is 48.5 Å². The van der Waals surface area contributed by atoms with Crippen molar-refractivity contribution in [3.63, 3.8) is 0 Å². The fourth-order valence-corrected chi connectivity index (χ4v) is 2.87. The van der Waals surface area contributed by atoms with Gasteiger partial charge in [0.15, 0.2) is 0 Å². The zero-order valence-corrected chi connectivity index (χ0v) is 12.0. The van der Waals surface area contributed by atoms with Gasteiger partial charge < -0.3 is 10.5 Å². The quantitative estimate of drug-likeness (QED) is 0.694. The normalized spacial score (nSPS) is 15.5. The van der Waals surface area contributed by atoms with Crippen molar-refractivity contribution in [1.29, 1.82) is 0 Å². The van der Waals surface area contributed by atoms with Crippen LogP contribution in [0.5, 0.6) is 0 Å². The summed E-state index contributed by atoms with van der Waals surface area (Å²) in [5, 5.41) is 0. The van der Waals surface area contributed by atoms with E-state index in [1.165, 1.54) is 18.2 Å². The van der Waals surface area contributed by atoms with Crippen molar-refractivity contribution >= 4 is 11.7 Å². The molecule has 0 unspecified atom stereocenters. The van der Waals surface area contributed by atoms with Crippen LogP contribution in [0.4, 0.5) is 5.69 Å². The fourth-order valence-electron chi connectivity index (χ4n) is 2.87. The second-order valence-electron chi connectivity index (χ2n) is 5.27. The van der Waals surface area contributed by atoms with E-state index in [1.54, 1.807) is 0 Å². The number of ether oxygens (including phenoxy) is 1. The van der Waals surface area contributed by atoms with Crippen molar-refractivity contribution < 1.29 is 9.53 Å². The van der Waals surface area contributed by atoms with Crippen molar-refractivity contribution in [2.45, 2.75) is 19.1 Å². The zero-order valence-electron chi connectivity index (χ0n) is 12.0. The minimum atomic E-state index is -0.384. The molecule has 0 radical (unpaired) electrons. The first kappa shape index (κ1) is 13.6. The van der Waals surface area contributed by atoms with Gasteiger partial charge in [0.25, 0.3) is 0 Å². The number of carbonyl (C=O) groups is 1. The number of anilines is 1. The highest BCUT2D eigenvalue weighted by molar-refractivity contribution is 5.77. The summed E-state index contributed by atoms with van der Waals surface area (Å²) in [5.74, 6) is -0.234. The Morgan fingerprint density at radius 3 is 2.57 bits per heavy atom. The molecule has 0 aliphatic carbocycles. The van der Waals surface area contributed by atoms with Crippen molar-refractivity contribution in [3.05, 3.63) is 65.2 Å². The van der Waals surface area contributed by atoms with Crippen molar-refractivity contribution in [3.8, 4) is 0 Å². The number of rotatable bonds is 3. The highest BCUT2D eigenvalue weighted by atomic mass is 16.5. The average molecular weight is 282 g/mol. The molecule has 1 atom stereocenters. The van der Waals surface area contributed by atoms with Gasteiger partial charge >= 0.3 is 5.97 Å². The van der Waals surface area contributed by atoms with Crippen LogP contribution in [-0.4, -0.2) is 18.0 Å². The Balaban J connectivity index is 1.91. The van der Waals surface area contributed by atoms with Gasteiger partial charge in [0.2, 0.25) is 0 Å². The number of nitrogen functional groups attached to an aromatic ring is 1. The minimum Gasteiger partial charge on any atom is -0.468 e. The summed E-state index contributed by atoms with van der Waals surface area (Å²) >= 11 is 0. The molecule has 3 rings (SSSR count). The number of hydrogen-bond acceptors (Lipinski definition) is 4. The zero-order chi connectivity index (χ0) is 14.8. The van der Waals surface area contributed by atoms with E-state index in [2.05, 4.69) is 4.90 Å². The minimum absolute atomic E-state index is 0.234. The third-order valence-corrected chi connectivity index (χ3v) is 3.88. The summed E-state index contributed by atoms with van der Waals surface area (Å²) in [7, 11) is 1.43. The number of methoxy groups -OCH3 is 1. The molecule has 0 bridgehead atoms. The van der Waals surface area contributed by atoms with Crippen LogP contribution < -0.4 is 5.73 Å². The van der Waals surface area contributed by atoms with Crippen LogP contribution in [0.1, 0.15) is 22.7 Å². The molecule has 0 spiro atoms. The number of fused-ring (bicyclic) bond motifs is 1. The van der Waals surface area contributed by atoms with Crippen LogP contribution in [0.25, 0.3) is 0 Å². The molecule has 108 valence electrons. The average Bonchev–Trinajstić information content (AvgIpc) is 2.90. The van der Waals surface area contributed by atoms with Crippen LogP contribution in [0, 0.1) is 0 Å². The standard InChI is InChI=1S/C17H18N2O2/c1-21-17(20)16(12-5-3-2-4-6-12)19-10-13-7-8-15(18)9-14(13)11-19/h2-9,16H,10-11,18H2,1H3/t16-/m0/s1.